The van der Waals surface area contributed by atoms with Gasteiger partial charge in [-0.25, -0.2) is 4.39 Å². The molecule has 8 heteroatoms. The lowest BCUT2D eigenvalue weighted by Gasteiger charge is -2.19. The van der Waals surface area contributed by atoms with Crippen LogP contribution in [0.15, 0.2) is 64.5 Å². The summed E-state index contributed by atoms with van der Waals surface area (Å²) in [7, 11) is 1.52. The van der Waals surface area contributed by atoms with Gasteiger partial charge >= 0.3 is 0 Å². The van der Waals surface area contributed by atoms with Crippen LogP contribution in [-0.4, -0.2) is 18.2 Å². The molecule has 170 valence electrons. The summed E-state index contributed by atoms with van der Waals surface area (Å²) < 4.78 is 29.9. The van der Waals surface area contributed by atoms with Gasteiger partial charge in [-0.3, -0.25) is 4.79 Å². The summed E-state index contributed by atoms with van der Waals surface area (Å²) in [4.78, 5) is 14.1. The molecule has 1 atom stereocenters. The van der Waals surface area contributed by atoms with Crippen LogP contribution >= 0.6 is 11.3 Å². The molecule has 4 aromatic rings. The molecule has 1 N–H and O–H groups in total. The van der Waals surface area contributed by atoms with Gasteiger partial charge in [0.05, 0.1) is 24.4 Å². The highest BCUT2D eigenvalue weighted by Gasteiger charge is 2.20. The first kappa shape index (κ1) is 22.5. The third-order valence-electron chi connectivity index (χ3n) is 5.29. The van der Waals surface area contributed by atoms with E-state index < -0.39 is 6.04 Å². The van der Waals surface area contributed by atoms with Crippen molar-refractivity contribution in [3.05, 3.63) is 98.8 Å². The van der Waals surface area contributed by atoms with Crippen molar-refractivity contribution in [2.45, 2.75) is 26.5 Å². The van der Waals surface area contributed by atoms with Crippen molar-refractivity contribution in [1.29, 1.82) is 0 Å². The van der Waals surface area contributed by atoms with Gasteiger partial charge in [0.2, 0.25) is 0 Å². The fourth-order valence-electron chi connectivity index (χ4n) is 3.43. The summed E-state index contributed by atoms with van der Waals surface area (Å²) >= 11 is 1.52. The number of rotatable bonds is 8. The van der Waals surface area contributed by atoms with Crippen LogP contribution in [0.2, 0.25) is 0 Å². The molecule has 2 heterocycles. The number of carbonyl (C=O) groups is 1. The second-order valence-electron chi connectivity index (χ2n) is 7.43. The van der Waals surface area contributed by atoms with Gasteiger partial charge in [0.15, 0.2) is 11.5 Å². The molecule has 2 aromatic carbocycles. The van der Waals surface area contributed by atoms with Gasteiger partial charge in [-0.05, 0) is 61.2 Å². The van der Waals surface area contributed by atoms with Crippen LogP contribution in [0.5, 0.6) is 11.5 Å². The van der Waals surface area contributed by atoms with Gasteiger partial charge in [0, 0.05) is 10.4 Å². The highest BCUT2D eigenvalue weighted by atomic mass is 32.1. The van der Waals surface area contributed by atoms with E-state index in [1.54, 1.807) is 30.3 Å². The first-order valence-corrected chi connectivity index (χ1v) is 11.2. The van der Waals surface area contributed by atoms with Crippen LogP contribution in [0.4, 0.5) is 4.39 Å². The molecular formula is C25H23FN2O4S. The van der Waals surface area contributed by atoms with Crippen LogP contribution < -0.4 is 14.8 Å². The lowest BCUT2D eigenvalue weighted by Crippen LogP contribution is -2.28. The number of halogens is 1. The van der Waals surface area contributed by atoms with Crippen molar-refractivity contribution in [3.63, 3.8) is 0 Å². The summed E-state index contributed by atoms with van der Waals surface area (Å²) in [6.45, 7) is 3.95. The topological polar surface area (TPSA) is 73.6 Å². The minimum atomic E-state index is -0.403. The molecule has 0 saturated heterocycles. The Morgan fingerprint density at radius 2 is 1.94 bits per heavy atom. The van der Waals surface area contributed by atoms with Crippen LogP contribution in [-0.2, 0) is 6.61 Å². The summed E-state index contributed by atoms with van der Waals surface area (Å²) in [6.07, 6.45) is 0. The number of carbonyl (C=O) groups excluding carboxylic acids is 1. The maximum Gasteiger partial charge on any atom is 0.252 e. The molecule has 0 spiro atoms. The van der Waals surface area contributed by atoms with Gasteiger partial charge in [-0.1, -0.05) is 23.4 Å². The number of hydrogen-bond donors (Lipinski definition) is 1. The number of ether oxygens (including phenoxy) is 2. The first-order chi connectivity index (χ1) is 16.0. The third-order valence-corrected chi connectivity index (χ3v) is 6.22. The van der Waals surface area contributed by atoms with E-state index in [1.807, 2.05) is 31.4 Å². The van der Waals surface area contributed by atoms with E-state index >= 15 is 0 Å². The van der Waals surface area contributed by atoms with Gasteiger partial charge in [0.25, 0.3) is 5.91 Å². The van der Waals surface area contributed by atoms with Crippen molar-refractivity contribution >= 4 is 17.2 Å². The summed E-state index contributed by atoms with van der Waals surface area (Å²) in [5, 5.41) is 8.91. The van der Waals surface area contributed by atoms with E-state index in [9.17, 15) is 9.18 Å². The second kappa shape index (κ2) is 9.87. The second-order valence-corrected chi connectivity index (χ2v) is 8.41. The zero-order valence-corrected chi connectivity index (χ0v) is 19.2. The van der Waals surface area contributed by atoms with Crippen LogP contribution in [0, 0.1) is 19.7 Å². The van der Waals surface area contributed by atoms with Gasteiger partial charge in [0.1, 0.15) is 18.2 Å². The number of nitrogens with one attached hydrogen (secondary N) is 1. The molecule has 0 radical (unpaired) electrons. The molecule has 4 rings (SSSR count). The van der Waals surface area contributed by atoms with E-state index in [-0.39, 0.29) is 18.3 Å². The van der Waals surface area contributed by atoms with Gasteiger partial charge < -0.3 is 19.3 Å². The number of nitrogens with zero attached hydrogens (tertiary/aromatic N) is 1. The Hall–Kier alpha value is -3.65. The number of benzene rings is 2. The average molecular weight is 467 g/mol. The zero-order chi connectivity index (χ0) is 23.4. The molecule has 6 nitrogen and oxygen atoms in total. The molecule has 2 aromatic heterocycles. The molecular weight excluding hydrogens is 443 g/mol. The monoisotopic (exact) mass is 466 g/mol. The molecule has 0 aliphatic carbocycles. The quantitative estimate of drug-likeness (QED) is 0.366. The lowest BCUT2D eigenvalue weighted by molar-refractivity contribution is 0.0943. The van der Waals surface area contributed by atoms with Crippen molar-refractivity contribution in [2.75, 3.05) is 7.11 Å². The Balaban J connectivity index is 1.53. The number of amides is 1. The Labute approximate surface area is 195 Å². The largest absolute Gasteiger partial charge is 0.493 e. The predicted molar refractivity (Wildman–Crippen MR) is 123 cm³/mol. The molecule has 0 saturated carbocycles. The summed E-state index contributed by atoms with van der Waals surface area (Å²) in [6, 6.07) is 14.6. The van der Waals surface area contributed by atoms with E-state index in [0.717, 1.165) is 21.7 Å². The molecule has 1 unspecified atom stereocenters. The number of aryl methyl sites for hydroxylation is 2. The van der Waals surface area contributed by atoms with Gasteiger partial charge in [-0.2, -0.15) is 0 Å². The Morgan fingerprint density at radius 3 is 2.58 bits per heavy atom. The average Bonchev–Trinajstić information content (AvgIpc) is 3.47. The zero-order valence-electron chi connectivity index (χ0n) is 18.4. The highest BCUT2D eigenvalue weighted by Crippen LogP contribution is 2.31. The molecule has 0 fully saturated rings. The highest BCUT2D eigenvalue weighted by molar-refractivity contribution is 7.10. The summed E-state index contributed by atoms with van der Waals surface area (Å²) in [5.74, 6) is 1.02. The maximum absolute atomic E-state index is 13.4. The molecule has 0 aliphatic heterocycles. The lowest BCUT2D eigenvalue weighted by atomic mass is 10.0. The normalized spacial score (nSPS) is 11.8. The Bertz CT molecular complexity index is 1220. The number of aromatic nitrogens is 1. The summed E-state index contributed by atoms with van der Waals surface area (Å²) in [5.41, 5.74) is 2.85. The maximum atomic E-state index is 13.4. The van der Waals surface area contributed by atoms with E-state index in [4.69, 9.17) is 14.0 Å². The van der Waals surface area contributed by atoms with Crippen molar-refractivity contribution < 1.29 is 23.2 Å². The number of hydrogen-bond acceptors (Lipinski definition) is 6. The Kier molecular flexibility index (Phi) is 6.74. The standard InChI is InChI=1S/C25H23FN2O4S/c1-15-20(16(2)32-28-15)14-31-21-11-8-18(13-22(21)30-3)25(29)27-24(23-5-4-12-33-23)17-6-9-19(26)10-7-17/h4-13,24H,14H2,1-3H3,(H,27,29). The van der Waals surface area contributed by atoms with Crippen LogP contribution in [0.25, 0.3) is 0 Å². The fraction of sp³-hybridized carbons (Fsp3) is 0.200. The minimum Gasteiger partial charge on any atom is -0.493 e. The SMILES string of the molecule is COc1cc(C(=O)NC(c2ccc(F)cc2)c2cccs2)ccc1OCc1c(C)noc1C. The molecule has 0 aliphatic rings. The van der Waals surface area contributed by atoms with Crippen molar-refractivity contribution in [3.8, 4) is 11.5 Å². The van der Waals surface area contributed by atoms with E-state index in [2.05, 4.69) is 10.5 Å². The Morgan fingerprint density at radius 1 is 1.15 bits per heavy atom. The number of methoxy groups -OCH3 is 1. The van der Waals surface area contributed by atoms with Crippen LogP contribution in [0.3, 0.4) is 0 Å². The third kappa shape index (κ3) is 5.06. The van der Waals surface area contributed by atoms with E-state index in [1.165, 1.54) is 30.6 Å². The van der Waals surface area contributed by atoms with Gasteiger partial charge in [-0.15, -0.1) is 11.3 Å². The first-order valence-electron chi connectivity index (χ1n) is 10.3. The van der Waals surface area contributed by atoms with Crippen LogP contribution in [0.1, 0.15) is 43.9 Å². The van der Waals surface area contributed by atoms with Crippen molar-refractivity contribution in [2.24, 2.45) is 0 Å². The van der Waals surface area contributed by atoms with Crippen molar-refractivity contribution in [1.82, 2.24) is 10.5 Å². The molecule has 33 heavy (non-hydrogen) atoms. The van der Waals surface area contributed by atoms with E-state index in [0.29, 0.717) is 22.8 Å². The number of thiophene rings is 1. The molecule has 0 bridgehead atoms. The predicted octanol–water partition coefficient (Wildman–Crippen LogP) is 5.60. The fourth-order valence-corrected chi connectivity index (χ4v) is 4.23. The minimum absolute atomic E-state index is 0.272. The smallest absolute Gasteiger partial charge is 0.252 e. The molecule has 1 amide bonds.